The molecule has 0 spiro atoms. The molecule has 1 aliphatic rings. The van der Waals surface area contributed by atoms with E-state index in [1.54, 1.807) is 5.33 Å². The van der Waals surface area contributed by atoms with Crippen molar-refractivity contribution in [2.75, 3.05) is 0 Å². The minimum atomic E-state index is -1.44. The minimum absolute atomic E-state index is 0.167. The lowest BCUT2D eigenvalue weighted by Gasteiger charge is -2.40. The van der Waals surface area contributed by atoms with Crippen molar-refractivity contribution in [3.05, 3.63) is 0 Å². The standard InChI is InChI=1S/C14H32N2Si2/c1-13(2,3)16-15-12(11-17(16,7)8)18(9,10)14(4,5)6/h11H2,1-10H3. The van der Waals surface area contributed by atoms with Crippen molar-refractivity contribution in [2.24, 2.45) is 5.10 Å². The van der Waals surface area contributed by atoms with Gasteiger partial charge in [-0.15, -0.1) is 0 Å². The first-order chi connectivity index (χ1) is 7.69. The van der Waals surface area contributed by atoms with Gasteiger partial charge in [-0.25, -0.2) is 0 Å². The number of rotatable bonds is 1. The topological polar surface area (TPSA) is 15.6 Å². The fourth-order valence-electron chi connectivity index (χ4n) is 2.61. The van der Waals surface area contributed by atoms with E-state index in [1.165, 1.54) is 6.04 Å². The summed E-state index contributed by atoms with van der Waals surface area (Å²) in [5, 5.41) is 7.06. The van der Waals surface area contributed by atoms with Crippen LogP contribution in [0.5, 0.6) is 0 Å². The molecule has 0 aliphatic carbocycles. The summed E-state index contributed by atoms with van der Waals surface area (Å²) < 4.78 is 2.47. The fourth-order valence-corrected chi connectivity index (χ4v) is 10.2. The van der Waals surface area contributed by atoms with E-state index in [0.29, 0.717) is 5.04 Å². The van der Waals surface area contributed by atoms with Crippen LogP contribution < -0.4 is 0 Å². The van der Waals surface area contributed by atoms with E-state index in [2.05, 4.69) is 72.4 Å². The second kappa shape index (κ2) is 4.20. The molecule has 0 amide bonds. The van der Waals surface area contributed by atoms with Gasteiger partial charge in [0.1, 0.15) is 8.07 Å². The summed E-state index contributed by atoms with van der Waals surface area (Å²) in [6.45, 7) is 23.9. The quantitative estimate of drug-likeness (QED) is 0.637. The van der Waals surface area contributed by atoms with E-state index in [0.717, 1.165) is 0 Å². The third-order valence-electron chi connectivity index (χ3n) is 4.63. The van der Waals surface area contributed by atoms with Gasteiger partial charge in [0.15, 0.2) is 8.24 Å². The summed E-state index contributed by atoms with van der Waals surface area (Å²) in [5.41, 5.74) is 0.167. The SMILES string of the molecule is CC(C)(C)N1N=C([Si](C)(C)C(C)(C)C)C[Si]1(C)C. The molecule has 0 fully saturated rings. The third kappa shape index (κ3) is 2.74. The Kier molecular flexibility index (Phi) is 3.72. The summed E-state index contributed by atoms with van der Waals surface area (Å²) in [5.74, 6) is 0. The average Bonchev–Trinajstić information content (AvgIpc) is 2.38. The van der Waals surface area contributed by atoms with Crippen LogP contribution in [0.4, 0.5) is 0 Å². The van der Waals surface area contributed by atoms with Crippen molar-refractivity contribution in [3.63, 3.8) is 0 Å². The molecular weight excluding hydrogens is 252 g/mol. The van der Waals surface area contributed by atoms with E-state index in [4.69, 9.17) is 5.10 Å². The molecule has 0 saturated heterocycles. The van der Waals surface area contributed by atoms with Crippen LogP contribution in [0.3, 0.4) is 0 Å². The first-order valence-electron chi connectivity index (χ1n) is 7.08. The molecule has 0 atom stereocenters. The van der Waals surface area contributed by atoms with Crippen molar-refractivity contribution < 1.29 is 0 Å². The summed E-state index contributed by atoms with van der Waals surface area (Å²) in [4.78, 5) is 0. The molecular formula is C14H32N2Si2. The van der Waals surface area contributed by atoms with Gasteiger partial charge in [-0.3, -0.25) is 0 Å². The highest BCUT2D eigenvalue weighted by Gasteiger charge is 2.49. The van der Waals surface area contributed by atoms with Crippen LogP contribution in [-0.2, 0) is 0 Å². The largest absolute Gasteiger partial charge is 0.319 e. The molecule has 1 heterocycles. The maximum absolute atomic E-state index is 5.12. The molecule has 0 saturated carbocycles. The minimum Gasteiger partial charge on any atom is -0.319 e. The summed E-state index contributed by atoms with van der Waals surface area (Å²) in [6, 6.07) is 1.26. The molecule has 0 radical (unpaired) electrons. The van der Waals surface area contributed by atoms with Gasteiger partial charge in [0, 0.05) is 10.9 Å². The lowest BCUT2D eigenvalue weighted by atomic mass is 10.1. The predicted octanol–water partition coefficient (Wildman–Crippen LogP) is 4.71. The van der Waals surface area contributed by atoms with Gasteiger partial charge in [0.25, 0.3) is 0 Å². The molecule has 1 aliphatic heterocycles. The maximum Gasteiger partial charge on any atom is 0.178 e. The van der Waals surface area contributed by atoms with E-state index >= 15 is 0 Å². The summed E-state index contributed by atoms with van der Waals surface area (Å²) in [7, 11) is -2.83. The van der Waals surface area contributed by atoms with Gasteiger partial charge in [-0.2, -0.15) is 5.10 Å². The van der Waals surface area contributed by atoms with Gasteiger partial charge < -0.3 is 4.67 Å². The van der Waals surface area contributed by atoms with Crippen LogP contribution in [0.2, 0.25) is 37.3 Å². The highest BCUT2D eigenvalue weighted by molar-refractivity contribution is 7.10. The molecule has 18 heavy (non-hydrogen) atoms. The fraction of sp³-hybridized carbons (Fsp3) is 0.929. The predicted molar refractivity (Wildman–Crippen MR) is 88.5 cm³/mol. The zero-order valence-corrected chi connectivity index (χ0v) is 16.1. The van der Waals surface area contributed by atoms with E-state index in [1.807, 2.05) is 0 Å². The molecule has 106 valence electrons. The molecule has 0 N–H and O–H groups in total. The zero-order valence-electron chi connectivity index (χ0n) is 14.1. The van der Waals surface area contributed by atoms with Gasteiger partial charge in [0.05, 0.1) is 0 Å². The molecule has 0 aromatic carbocycles. The van der Waals surface area contributed by atoms with Crippen molar-refractivity contribution >= 4 is 21.6 Å². The van der Waals surface area contributed by atoms with E-state index < -0.39 is 16.3 Å². The van der Waals surface area contributed by atoms with E-state index in [9.17, 15) is 0 Å². The number of hydrogen-bond donors (Lipinski definition) is 0. The summed E-state index contributed by atoms with van der Waals surface area (Å²) >= 11 is 0. The highest BCUT2D eigenvalue weighted by atomic mass is 28.3. The number of nitrogens with zero attached hydrogens (tertiary/aromatic N) is 2. The normalized spacial score (nSPS) is 21.2. The first kappa shape index (κ1) is 16.0. The third-order valence-corrected chi connectivity index (χ3v) is 13.6. The first-order valence-corrected chi connectivity index (χ1v) is 13.2. The van der Waals surface area contributed by atoms with Gasteiger partial charge in [-0.05, 0) is 44.9 Å². The van der Waals surface area contributed by atoms with Crippen LogP contribution >= 0.6 is 0 Å². The van der Waals surface area contributed by atoms with Crippen molar-refractivity contribution in [1.82, 2.24) is 4.67 Å². The lowest BCUT2D eigenvalue weighted by Crippen LogP contribution is -2.52. The smallest absolute Gasteiger partial charge is 0.178 e. The van der Waals surface area contributed by atoms with Crippen LogP contribution in [0, 0.1) is 0 Å². The Balaban J connectivity index is 3.17. The molecule has 0 bridgehead atoms. The highest BCUT2D eigenvalue weighted by Crippen LogP contribution is 2.42. The molecule has 1 rings (SSSR count). The van der Waals surface area contributed by atoms with Crippen molar-refractivity contribution in [1.29, 1.82) is 0 Å². The number of hydrazone groups is 1. The Morgan fingerprint density at radius 1 is 1.06 bits per heavy atom. The van der Waals surface area contributed by atoms with Crippen LogP contribution in [0.25, 0.3) is 0 Å². The second-order valence-electron chi connectivity index (χ2n) is 8.89. The van der Waals surface area contributed by atoms with E-state index in [-0.39, 0.29) is 5.54 Å². The van der Waals surface area contributed by atoms with Crippen LogP contribution in [-0.4, -0.2) is 31.9 Å². The van der Waals surface area contributed by atoms with Crippen molar-refractivity contribution in [3.8, 4) is 0 Å². The Bertz CT molecular complexity index is 357. The Morgan fingerprint density at radius 2 is 1.50 bits per heavy atom. The van der Waals surface area contributed by atoms with Crippen LogP contribution in [0.1, 0.15) is 41.5 Å². The second-order valence-corrected chi connectivity index (χ2v) is 18.6. The monoisotopic (exact) mass is 284 g/mol. The molecule has 0 aromatic heterocycles. The Hall–Kier alpha value is -0.0962. The van der Waals surface area contributed by atoms with Crippen LogP contribution in [0.15, 0.2) is 5.10 Å². The maximum atomic E-state index is 5.12. The van der Waals surface area contributed by atoms with Gasteiger partial charge in [0.2, 0.25) is 0 Å². The zero-order chi connectivity index (χ0) is 14.6. The van der Waals surface area contributed by atoms with Gasteiger partial charge >= 0.3 is 0 Å². The molecule has 4 heteroatoms. The Morgan fingerprint density at radius 3 is 1.78 bits per heavy atom. The van der Waals surface area contributed by atoms with Gasteiger partial charge in [-0.1, -0.05) is 33.9 Å². The molecule has 2 nitrogen and oxygen atoms in total. The Labute approximate surface area is 116 Å². The summed E-state index contributed by atoms with van der Waals surface area (Å²) in [6.07, 6.45) is 0. The molecule has 0 unspecified atom stereocenters. The average molecular weight is 285 g/mol. The number of hydrogen-bond acceptors (Lipinski definition) is 2. The lowest BCUT2D eigenvalue weighted by molar-refractivity contribution is 0.256. The molecule has 0 aromatic rings. The van der Waals surface area contributed by atoms with Crippen molar-refractivity contribution in [2.45, 2.75) is 84.4 Å².